The van der Waals surface area contributed by atoms with Crippen molar-refractivity contribution in [1.29, 1.82) is 0 Å². The van der Waals surface area contributed by atoms with Crippen LogP contribution in [0.4, 0.5) is 0 Å². The Labute approximate surface area is 103 Å². The Balaban J connectivity index is 4.09. The maximum atomic E-state index is 11.4. The van der Waals surface area contributed by atoms with E-state index in [1.165, 1.54) is 4.90 Å². The van der Waals surface area contributed by atoms with E-state index in [4.69, 9.17) is 5.11 Å². The molecular weight excluding hydrogens is 222 g/mol. The average molecular weight is 245 g/mol. The fourth-order valence-electron chi connectivity index (χ4n) is 1.28. The molecule has 0 aromatic heterocycles. The first-order valence-corrected chi connectivity index (χ1v) is 5.62. The molecule has 0 aromatic rings. The molecule has 0 radical (unpaired) electrons. The minimum atomic E-state index is -0.860. The van der Waals surface area contributed by atoms with Gasteiger partial charge in [0.05, 0.1) is 6.54 Å². The van der Waals surface area contributed by atoms with Gasteiger partial charge < -0.3 is 14.9 Å². The summed E-state index contributed by atoms with van der Waals surface area (Å²) in [5.41, 5.74) is 0. The van der Waals surface area contributed by atoms with E-state index in [1.807, 2.05) is 19.0 Å². The second kappa shape index (κ2) is 8.03. The zero-order chi connectivity index (χ0) is 13.4. The monoisotopic (exact) mass is 245 g/mol. The Morgan fingerprint density at radius 3 is 2.00 bits per heavy atom. The Morgan fingerprint density at radius 2 is 1.59 bits per heavy atom. The van der Waals surface area contributed by atoms with Gasteiger partial charge in [-0.3, -0.25) is 14.5 Å². The summed E-state index contributed by atoms with van der Waals surface area (Å²) in [6.07, 6.45) is 0.355. The SMILES string of the molecule is CN(C)CCN(CCC(=O)N(C)C)CC(=O)O. The molecule has 0 heterocycles. The lowest BCUT2D eigenvalue weighted by Crippen LogP contribution is -2.38. The minimum absolute atomic E-state index is 0.0187. The lowest BCUT2D eigenvalue weighted by atomic mass is 10.3. The molecular formula is C11H23N3O3. The van der Waals surface area contributed by atoms with Crippen molar-refractivity contribution in [2.45, 2.75) is 6.42 Å². The predicted octanol–water partition coefficient (Wildman–Crippen LogP) is -0.587. The standard InChI is InChI=1S/C11H23N3O3/c1-12(2)7-8-14(9-11(16)17)6-5-10(15)13(3)4/h5-9H2,1-4H3,(H,16,17). The first-order valence-electron chi connectivity index (χ1n) is 5.62. The molecule has 17 heavy (non-hydrogen) atoms. The smallest absolute Gasteiger partial charge is 0.317 e. The molecule has 0 unspecified atom stereocenters. The maximum absolute atomic E-state index is 11.4. The van der Waals surface area contributed by atoms with Crippen molar-refractivity contribution in [2.75, 3.05) is 54.4 Å². The van der Waals surface area contributed by atoms with Gasteiger partial charge in [0.25, 0.3) is 0 Å². The van der Waals surface area contributed by atoms with Crippen LogP contribution in [0.2, 0.25) is 0 Å². The van der Waals surface area contributed by atoms with Gasteiger partial charge in [0.2, 0.25) is 5.91 Å². The highest BCUT2D eigenvalue weighted by Crippen LogP contribution is 1.95. The van der Waals surface area contributed by atoms with Gasteiger partial charge >= 0.3 is 5.97 Å². The lowest BCUT2D eigenvalue weighted by Gasteiger charge is -2.22. The zero-order valence-corrected chi connectivity index (χ0v) is 11.1. The number of aliphatic carboxylic acids is 1. The van der Waals surface area contributed by atoms with Gasteiger partial charge in [-0.05, 0) is 14.1 Å². The summed E-state index contributed by atoms with van der Waals surface area (Å²) in [7, 11) is 7.27. The van der Waals surface area contributed by atoms with Crippen LogP contribution in [0.5, 0.6) is 0 Å². The molecule has 0 aromatic carbocycles. The number of likely N-dealkylation sites (N-methyl/N-ethyl adjacent to an activating group) is 1. The van der Waals surface area contributed by atoms with Gasteiger partial charge in [-0.25, -0.2) is 0 Å². The number of carboxylic acid groups (broad SMARTS) is 1. The van der Waals surface area contributed by atoms with Gasteiger partial charge in [0.1, 0.15) is 0 Å². The first kappa shape index (κ1) is 15.9. The molecule has 1 amide bonds. The zero-order valence-electron chi connectivity index (χ0n) is 11.1. The Morgan fingerprint density at radius 1 is 1.00 bits per heavy atom. The summed E-state index contributed by atoms with van der Waals surface area (Å²) < 4.78 is 0. The summed E-state index contributed by atoms with van der Waals surface area (Å²) in [5, 5.41) is 8.77. The van der Waals surface area contributed by atoms with E-state index in [0.29, 0.717) is 19.5 Å². The van der Waals surface area contributed by atoms with E-state index < -0.39 is 5.97 Å². The van der Waals surface area contributed by atoms with Crippen molar-refractivity contribution in [1.82, 2.24) is 14.7 Å². The highest BCUT2D eigenvalue weighted by Gasteiger charge is 2.12. The van der Waals surface area contributed by atoms with Crippen LogP contribution in [0, 0.1) is 0 Å². The third-order valence-electron chi connectivity index (χ3n) is 2.36. The van der Waals surface area contributed by atoms with Crippen LogP contribution in [0.25, 0.3) is 0 Å². The van der Waals surface area contributed by atoms with Crippen molar-refractivity contribution in [2.24, 2.45) is 0 Å². The molecule has 0 spiro atoms. The summed E-state index contributed by atoms with van der Waals surface area (Å²) in [6, 6.07) is 0. The van der Waals surface area contributed by atoms with Crippen LogP contribution in [0.1, 0.15) is 6.42 Å². The fourth-order valence-corrected chi connectivity index (χ4v) is 1.28. The molecule has 0 saturated heterocycles. The van der Waals surface area contributed by atoms with Gasteiger partial charge in [-0.2, -0.15) is 0 Å². The average Bonchev–Trinajstić information content (AvgIpc) is 2.20. The Kier molecular flexibility index (Phi) is 7.49. The van der Waals surface area contributed by atoms with Crippen molar-refractivity contribution in [3.8, 4) is 0 Å². The first-order chi connectivity index (χ1) is 7.82. The van der Waals surface area contributed by atoms with Crippen LogP contribution in [0.3, 0.4) is 0 Å². The van der Waals surface area contributed by atoms with E-state index in [9.17, 15) is 9.59 Å². The second-order valence-corrected chi connectivity index (χ2v) is 4.51. The quantitative estimate of drug-likeness (QED) is 0.619. The maximum Gasteiger partial charge on any atom is 0.317 e. The fraction of sp³-hybridized carbons (Fsp3) is 0.818. The van der Waals surface area contributed by atoms with Gasteiger partial charge in [0, 0.05) is 40.2 Å². The third-order valence-corrected chi connectivity index (χ3v) is 2.36. The highest BCUT2D eigenvalue weighted by atomic mass is 16.4. The molecule has 6 heteroatoms. The minimum Gasteiger partial charge on any atom is -0.480 e. The molecule has 0 aliphatic heterocycles. The topological polar surface area (TPSA) is 64.1 Å². The number of carbonyl (C=O) groups is 2. The third kappa shape index (κ3) is 8.65. The lowest BCUT2D eigenvalue weighted by molar-refractivity contribution is -0.139. The van der Waals surface area contributed by atoms with E-state index in [-0.39, 0.29) is 12.5 Å². The van der Waals surface area contributed by atoms with Crippen molar-refractivity contribution < 1.29 is 14.7 Å². The van der Waals surface area contributed by atoms with Crippen LogP contribution >= 0.6 is 0 Å². The number of rotatable bonds is 8. The molecule has 0 bridgehead atoms. The van der Waals surface area contributed by atoms with Gasteiger partial charge in [-0.1, -0.05) is 0 Å². The van der Waals surface area contributed by atoms with Crippen LogP contribution in [0.15, 0.2) is 0 Å². The molecule has 100 valence electrons. The highest BCUT2D eigenvalue weighted by molar-refractivity contribution is 5.75. The van der Waals surface area contributed by atoms with Gasteiger partial charge in [0.15, 0.2) is 0 Å². The molecule has 0 atom stereocenters. The van der Waals surface area contributed by atoms with E-state index in [1.54, 1.807) is 19.0 Å². The summed E-state index contributed by atoms with van der Waals surface area (Å²) in [5.74, 6) is -0.841. The van der Waals surface area contributed by atoms with Crippen molar-refractivity contribution >= 4 is 11.9 Å². The number of hydrogen-bond donors (Lipinski definition) is 1. The number of carbonyl (C=O) groups excluding carboxylic acids is 1. The summed E-state index contributed by atoms with van der Waals surface area (Å²) in [6.45, 7) is 1.90. The largest absolute Gasteiger partial charge is 0.480 e. The Bertz CT molecular complexity index is 254. The van der Waals surface area contributed by atoms with Crippen LogP contribution in [-0.4, -0.2) is 86.1 Å². The van der Waals surface area contributed by atoms with E-state index >= 15 is 0 Å². The Hall–Kier alpha value is -1.14. The van der Waals surface area contributed by atoms with Gasteiger partial charge in [-0.15, -0.1) is 0 Å². The summed E-state index contributed by atoms with van der Waals surface area (Å²) >= 11 is 0. The molecule has 0 aliphatic carbocycles. The molecule has 1 N–H and O–H groups in total. The normalized spacial score (nSPS) is 10.9. The van der Waals surface area contributed by atoms with E-state index in [2.05, 4.69) is 0 Å². The summed E-state index contributed by atoms with van der Waals surface area (Å²) in [4.78, 5) is 27.4. The number of hydrogen-bond acceptors (Lipinski definition) is 4. The molecule has 0 rings (SSSR count). The van der Waals surface area contributed by atoms with Crippen molar-refractivity contribution in [3.05, 3.63) is 0 Å². The van der Waals surface area contributed by atoms with Crippen LogP contribution in [-0.2, 0) is 9.59 Å². The van der Waals surface area contributed by atoms with Crippen molar-refractivity contribution in [3.63, 3.8) is 0 Å². The molecule has 0 saturated carbocycles. The molecule has 0 aliphatic rings. The predicted molar refractivity (Wildman–Crippen MR) is 65.9 cm³/mol. The number of amides is 1. The number of carboxylic acids is 1. The second-order valence-electron chi connectivity index (χ2n) is 4.51. The van der Waals surface area contributed by atoms with E-state index in [0.717, 1.165) is 6.54 Å². The molecule has 0 fully saturated rings. The number of nitrogens with zero attached hydrogens (tertiary/aromatic N) is 3. The molecule has 6 nitrogen and oxygen atoms in total. The van der Waals surface area contributed by atoms with Crippen LogP contribution < -0.4 is 0 Å².